The zero-order valence-electron chi connectivity index (χ0n) is 10.5. The number of anilines is 1. The second-order valence-electron chi connectivity index (χ2n) is 4.57. The largest absolute Gasteiger partial charge is 0.372 e. The highest BCUT2D eigenvalue weighted by Gasteiger charge is 2.25. The van der Waals surface area contributed by atoms with E-state index in [1.165, 1.54) is 5.69 Å². The average Bonchev–Trinajstić information content (AvgIpc) is 2.84. The van der Waals surface area contributed by atoms with E-state index in [2.05, 4.69) is 36.1 Å². The third kappa shape index (κ3) is 3.20. The lowest BCUT2D eigenvalue weighted by molar-refractivity contribution is 0.0544. The summed E-state index contributed by atoms with van der Waals surface area (Å²) in [6.07, 6.45) is 2.84. The Bertz CT molecular complexity index is 328. The molecule has 0 saturated carbocycles. The first-order valence-corrected chi connectivity index (χ1v) is 6.49. The smallest absolute Gasteiger partial charge is 0.0755 e. The van der Waals surface area contributed by atoms with Gasteiger partial charge in [0.1, 0.15) is 0 Å². The SMILES string of the molecule is CCN(CC1CCC(CN)O1)c1ccccc1. The van der Waals surface area contributed by atoms with Gasteiger partial charge in [-0.05, 0) is 31.9 Å². The molecule has 3 heteroatoms. The Labute approximate surface area is 104 Å². The van der Waals surface area contributed by atoms with Gasteiger partial charge in [0.25, 0.3) is 0 Å². The molecule has 1 aliphatic heterocycles. The van der Waals surface area contributed by atoms with E-state index < -0.39 is 0 Å². The van der Waals surface area contributed by atoms with Crippen LogP contribution < -0.4 is 10.6 Å². The molecule has 1 aromatic carbocycles. The van der Waals surface area contributed by atoms with E-state index >= 15 is 0 Å². The molecule has 0 aromatic heterocycles. The minimum atomic E-state index is 0.273. The zero-order chi connectivity index (χ0) is 12.1. The van der Waals surface area contributed by atoms with Crippen molar-refractivity contribution in [3.63, 3.8) is 0 Å². The monoisotopic (exact) mass is 234 g/mol. The summed E-state index contributed by atoms with van der Waals surface area (Å²) in [4.78, 5) is 2.36. The maximum Gasteiger partial charge on any atom is 0.0755 e. The van der Waals surface area contributed by atoms with Gasteiger partial charge in [0.05, 0.1) is 12.2 Å². The maximum atomic E-state index is 5.90. The van der Waals surface area contributed by atoms with E-state index in [1.807, 2.05) is 6.07 Å². The summed E-state index contributed by atoms with van der Waals surface area (Å²) in [7, 11) is 0. The Morgan fingerprint density at radius 3 is 2.53 bits per heavy atom. The number of hydrogen-bond donors (Lipinski definition) is 1. The van der Waals surface area contributed by atoms with Crippen LogP contribution in [0.2, 0.25) is 0 Å². The Hall–Kier alpha value is -1.06. The first-order chi connectivity index (χ1) is 8.33. The van der Waals surface area contributed by atoms with E-state index in [9.17, 15) is 0 Å². The summed E-state index contributed by atoms with van der Waals surface area (Å²) in [5.74, 6) is 0. The third-order valence-electron chi connectivity index (χ3n) is 3.39. The van der Waals surface area contributed by atoms with Gasteiger partial charge in [-0.3, -0.25) is 0 Å². The summed E-state index contributed by atoms with van der Waals surface area (Å²) in [5, 5.41) is 0. The quantitative estimate of drug-likeness (QED) is 0.847. The standard InChI is InChI=1S/C14H22N2O/c1-2-16(12-6-4-3-5-7-12)11-14-9-8-13(10-15)17-14/h3-7,13-14H,2,8-11,15H2,1H3. The van der Waals surface area contributed by atoms with Crippen LogP contribution in [-0.4, -0.2) is 31.8 Å². The molecule has 1 aliphatic rings. The molecule has 0 radical (unpaired) electrons. The van der Waals surface area contributed by atoms with Gasteiger partial charge in [0, 0.05) is 25.3 Å². The first kappa shape index (κ1) is 12.4. The van der Waals surface area contributed by atoms with Crippen LogP contribution in [0.5, 0.6) is 0 Å². The Balaban J connectivity index is 1.92. The Kier molecular flexibility index (Phi) is 4.40. The summed E-state index contributed by atoms with van der Waals surface area (Å²) >= 11 is 0. The zero-order valence-corrected chi connectivity index (χ0v) is 10.5. The second-order valence-corrected chi connectivity index (χ2v) is 4.57. The van der Waals surface area contributed by atoms with Crippen molar-refractivity contribution in [2.24, 2.45) is 5.73 Å². The molecular weight excluding hydrogens is 212 g/mol. The molecule has 1 saturated heterocycles. The van der Waals surface area contributed by atoms with Gasteiger partial charge >= 0.3 is 0 Å². The number of nitrogens with two attached hydrogens (primary N) is 1. The predicted octanol–water partition coefficient (Wildman–Crippen LogP) is 2.02. The molecule has 0 bridgehead atoms. The molecule has 2 N–H and O–H groups in total. The first-order valence-electron chi connectivity index (χ1n) is 6.49. The Morgan fingerprint density at radius 1 is 1.24 bits per heavy atom. The topological polar surface area (TPSA) is 38.5 Å². The summed E-state index contributed by atoms with van der Waals surface area (Å²) in [6, 6.07) is 10.5. The van der Waals surface area contributed by atoms with Crippen molar-refractivity contribution in [2.45, 2.75) is 32.0 Å². The number of hydrogen-bond acceptors (Lipinski definition) is 3. The van der Waals surface area contributed by atoms with Gasteiger partial charge in [-0.25, -0.2) is 0 Å². The van der Waals surface area contributed by atoms with Crippen LogP contribution in [0.4, 0.5) is 5.69 Å². The van der Waals surface area contributed by atoms with Crippen LogP contribution in [0.1, 0.15) is 19.8 Å². The summed E-state index contributed by atoms with van der Waals surface area (Å²) < 4.78 is 5.90. The molecule has 1 fully saturated rings. The average molecular weight is 234 g/mol. The number of benzene rings is 1. The highest BCUT2D eigenvalue weighted by atomic mass is 16.5. The second kappa shape index (κ2) is 6.03. The number of rotatable bonds is 5. The van der Waals surface area contributed by atoms with Gasteiger partial charge in [0.15, 0.2) is 0 Å². The number of para-hydroxylation sites is 1. The molecular formula is C14H22N2O. The van der Waals surface area contributed by atoms with Crippen molar-refractivity contribution in [3.05, 3.63) is 30.3 Å². The number of likely N-dealkylation sites (N-methyl/N-ethyl adjacent to an activating group) is 1. The molecule has 1 heterocycles. The molecule has 0 amide bonds. The maximum absolute atomic E-state index is 5.90. The van der Waals surface area contributed by atoms with Crippen molar-refractivity contribution < 1.29 is 4.74 Å². The lowest BCUT2D eigenvalue weighted by atomic mass is 10.2. The summed E-state index contributed by atoms with van der Waals surface area (Å²) in [6.45, 7) is 4.81. The fourth-order valence-corrected chi connectivity index (χ4v) is 2.39. The van der Waals surface area contributed by atoms with E-state index in [0.29, 0.717) is 12.6 Å². The van der Waals surface area contributed by atoms with Crippen LogP contribution in [0.25, 0.3) is 0 Å². The lowest BCUT2D eigenvalue weighted by Crippen LogP contribution is -2.33. The van der Waals surface area contributed by atoms with Gasteiger partial charge < -0.3 is 15.4 Å². The molecule has 0 spiro atoms. The van der Waals surface area contributed by atoms with E-state index in [0.717, 1.165) is 25.9 Å². The van der Waals surface area contributed by atoms with Crippen LogP contribution >= 0.6 is 0 Å². The van der Waals surface area contributed by atoms with Crippen molar-refractivity contribution in [2.75, 3.05) is 24.5 Å². The van der Waals surface area contributed by atoms with E-state index in [-0.39, 0.29) is 6.10 Å². The van der Waals surface area contributed by atoms with Crippen molar-refractivity contribution in [1.82, 2.24) is 0 Å². The van der Waals surface area contributed by atoms with Crippen LogP contribution in [0, 0.1) is 0 Å². The van der Waals surface area contributed by atoms with Crippen LogP contribution in [0.15, 0.2) is 30.3 Å². The van der Waals surface area contributed by atoms with E-state index in [1.54, 1.807) is 0 Å². The van der Waals surface area contributed by atoms with Gasteiger partial charge in [0.2, 0.25) is 0 Å². The molecule has 1 aromatic rings. The van der Waals surface area contributed by atoms with Crippen molar-refractivity contribution in [3.8, 4) is 0 Å². The molecule has 94 valence electrons. The minimum Gasteiger partial charge on any atom is -0.372 e. The normalized spacial score (nSPS) is 23.9. The summed E-state index contributed by atoms with van der Waals surface area (Å²) in [5.41, 5.74) is 6.90. The van der Waals surface area contributed by atoms with Gasteiger partial charge in [-0.15, -0.1) is 0 Å². The highest BCUT2D eigenvalue weighted by molar-refractivity contribution is 5.45. The number of ether oxygens (including phenoxy) is 1. The number of nitrogens with zero attached hydrogens (tertiary/aromatic N) is 1. The molecule has 3 nitrogen and oxygen atoms in total. The van der Waals surface area contributed by atoms with Gasteiger partial charge in [-0.2, -0.15) is 0 Å². The lowest BCUT2D eigenvalue weighted by Gasteiger charge is -2.26. The van der Waals surface area contributed by atoms with E-state index in [4.69, 9.17) is 10.5 Å². The molecule has 2 rings (SSSR count). The van der Waals surface area contributed by atoms with Crippen molar-refractivity contribution in [1.29, 1.82) is 0 Å². The molecule has 0 aliphatic carbocycles. The van der Waals surface area contributed by atoms with Crippen LogP contribution in [-0.2, 0) is 4.74 Å². The molecule has 2 unspecified atom stereocenters. The third-order valence-corrected chi connectivity index (χ3v) is 3.39. The molecule has 2 atom stereocenters. The molecule has 17 heavy (non-hydrogen) atoms. The fraction of sp³-hybridized carbons (Fsp3) is 0.571. The van der Waals surface area contributed by atoms with Crippen molar-refractivity contribution >= 4 is 5.69 Å². The van der Waals surface area contributed by atoms with Crippen LogP contribution in [0.3, 0.4) is 0 Å². The predicted molar refractivity (Wildman–Crippen MR) is 71.3 cm³/mol. The Morgan fingerprint density at radius 2 is 1.94 bits per heavy atom. The van der Waals surface area contributed by atoms with Gasteiger partial charge in [-0.1, -0.05) is 18.2 Å². The fourth-order valence-electron chi connectivity index (χ4n) is 2.39. The highest BCUT2D eigenvalue weighted by Crippen LogP contribution is 2.22. The minimum absolute atomic E-state index is 0.273.